The molecule has 2 aromatic rings. The Kier molecular flexibility index (Phi) is 4.40. The number of aromatic nitrogens is 1. The Labute approximate surface area is 120 Å². The van der Waals surface area contributed by atoms with Gasteiger partial charge in [-0.25, -0.2) is 4.98 Å². The van der Waals surface area contributed by atoms with E-state index in [0.717, 1.165) is 23.3 Å². The zero-order valence-electron chi connectivity index (χ0n) is 12.6. The lowest BCUT2D eigenvalue weighted by Crippen LogP contribution is -2.17. The van der Waals surface area contributed by atoms with Crippen LogP contribution in [-0.4, -0.2) is 11.0 Å². The Balaban J connectivity index is 2.18. The van der Waals surface area contributed by atoms with Crippen molar-refractivity contribution in [1.29, 1.82) is 0 Å². The number of hydrogen-bond donors (Lipinski definition) is 1. The molecule has 1 aromatic carbocycles. The van der Waals surface area contributed by atoms with Gasteiger partial charge in [0, 0.05) is 18.3 Å². The quantitative estimate of drug-likeness (QED) is 0.921. The van der Waals surface area contributed by atoms with Crippen LogP contribution in [0.2, 0.25) is 0 Å². The number of aryl methyl sites for hydroxylation is 2. The predicted molar refractivity (Wildman–Crippen MR) is 82.3 cm³/mol. The average molecular weight is 270 g/mol. The number of pyridine rings is 1. The lowest BCUT2D eigenvalue weighted by Gasteiger charge is -2.12. The van der Waals surface area contributed by atoms with Gasteiger partial charge in [0.1, 0.15) is 5.75 Å². The highest BCUT2D eigenvalue weighted by Crippen LogP contribution is 2.27. The lowest BCUT2D eigenvalue weighted by molar-refractivity contribution is 0.458. The van der Waals surface area contributed by atoms with Gasteiger partial charge >= 0.3 is 0 Å². The van der Waals surface area contributed by atoms with Gasteiger partial charge in [0.25, 0.3) is 0 Å². The topological polar surface area (TPSA) is 48.1 Å². The molecule has 0 amide bonds. The van der Waals surface area contributed by atoms with Crippen LogP contribution in [0.5, 0.6) is 11.6 Å². The van der Waals surface area contributed by atoms with Gasteiger partial charge in [0.15, 0.2) is 0 Å². The number of ether oxygens (including phenoxy) is 1. The Morgan fingerprint density at radius 1 is 1.20 bits per heavy atom. The van der Waals surface area contributed by atoms with Crippen molar-refractivity contribution in [3.05, 3.63) is 52.7 Å². The largest absolute Gasteiger partial charge is 0.439 e. The summed E-state index contributed by atoms with van der Waals surface area (Å²) in [5.41, 5.74) is 10.5. The fourth-order valence-corrected chi connectivity index (χ4v) is 2.18. The average Bonchev–Trinajstić information content (AvgIpc) is 2.37. The lowest BCUT2D eigenvalue weighted by atomic mass is 10.1. The smallest absolute Gasteiger partial charge is 0.219 e. The maximum Gasteiger partial charge on any atom is 0.219 e. The van der Waals surface area contributed by atoms with E-state index in [1.54, 1.807) is 0 Å². The zero-order chi connectivity index (χ0) is 14.7. The fraction of sp³-hybridized carbons (Fsp3) is 0.353. The highest BCUT2D eigenvalue weighted by atomic mass is 16.5. The van der Waals surface area contributed by atoms with E-state index in [-0.39, 0.29) is 6.04 Å². The minimum absolute atomic E-state index is 0.144. The third-order valence-corrected chi connectivity index (χ3v) is 3.33. The highest BCUT2D eigenvalue weighted by Gasteiger charge is 2.06. The summed E-state index contributed by atoms with van der Waals surface area (Å²) in [6.45, 7) is 8.21. The first-order valence-corrected chi connectivity index (χ1v) is 6.92. The van der Waals surface area contributed by atoms with E-state index < -0.39 is 0 Å². The molecule has 106 valence electrons. The van der Waals surface area contributed by atoms with Crippen LogP contribution in [-0.2, 0) is 6.42 Å². The monoisotopic (exact) mass is 270 g/mol. The number of nitrogens with two attached hydrogens (primary N) is 1. The SMILES string of the molecule is Cc1cc(C)c(C)c(Oc2ccc(CC(C)N)cn2)c1. The van der Waals surface area contributed by atoms with Gasteiger partial charge in [-0.15, -0.1) is 0 Å². The molecular weight excluding hydrogens is 248 g/mol. The van der Waals surface area contributed by atoms with Crippen LogP contribution >= 0.6 is 0 Å². The summed E-state index contributed by atoms with van der Waals surface area (Å²) in [5.74, 6) is 1.49. The fourth-order valence-electron chi connectivity index (χ4n) is 2.18. The second-order valence-electron chi connectivity index (χ2n) is 5.49. The molecule has 0 spiro atoms. The van der Waals surface area contributed by atoms with Gasteiger partial charge in [-0.1, -0.05) is 12.1 Å². The molecule has 3 nitrogen and oxygen atoms in total. The van der Waals surface area contributed by atoms with Gasteiger partial charge in [-0.2, -0.15) is 0 Å². The van der Waals surface area contributed by atoms with Gasteiger partial charge in [0.2, 0.25) is 5.88 Å². The van der Waals surface area contributed by atoms with Crippen LogP contribution in [0.25, 0.3) is 0 Å². The maximum atomic E-state index is 5.89. The van der Waals surface area contributed by atoms with Gasteiger partial charge in [0.05, 0.1) is 0 Å². The minimum atomic E-state index is 0.144. The third-order valence-electron chi connectivity index (χ3n) is 3.33. The zero-order valence-corrected chi connectivity index (χ0v) is 12.6. The van der Waals surface area contributed by atoms with Crippen LogP contribution in [0.15, 0.2) is 30.5 Å². The summed E-state index contributed by atoms with van der Waals surface area (Å²) in [7, 11) is 0. The molecule has 2 N–H and O–H groups in total. The van der Waals surface area contributed by atoms with E-state index in [1.165, 1.54) is 11.1 Å². The molecule has 2 rings (SSSR count). The summed E-state index contributed by atoms with van der Waals surface area (Å²) in [6.07, 6.45) is 2.66. The Bertz CT molecular complexity index is 589. The summed E-state index contributed by atoms with van der Waals surface area (Å²) in [4.78, 5) is 4.35. The molecule has 20 heavy (non-hydrogen) atoms. The van der Waals surface area contributed by atoms with Crippen molar-refractivity contribution in [2.24, 2.45) is 5.73 Å². The molecule has 0 radical (unpaired) electrons. The van der Waals surface area contributed by atoms with Crippen molar-refractivity contribution in [3.63, 3.8) is 0 Å². The second kappa shape index (κ2) is 6.06. The predicted octanol–water partition coefficient (Wildman–Crippen LogP) is 3.69. The van der Waals surface area contributed by atoms with Crippen LogP contribution in [0.1, 0.15) is 29.2 Å². The summed E-state index contributed by atoms with van der Waals surface area (Å²) in [5, 5.41) is 0. The molecule has 1 heterocycles. The molecule has 0 aliphatic heterocycles. The molecule has 1 aromatic heterocycles. The molecular formula is C17H22N2O. The van der Waals surface area contributed by atoms with Crippen molar-refractivity contribution < 1.29 is 4.74 Å². The van der Waals surface area contributed by atoms with Gasteiger partial charge in [-0.05, 0) is 62.4 Å². The molecule has 1 unspecified atom stereocenters. The molecule has 3 heteroatoms. The Morgan fingerprint density at radius 2 is 1.95 bits per heavy atom. The normalized spacial score (nSPS) is 12.2. The van der Waals surface area contributed by atoms with E-state index in [0.29, 0.717) is 5.88 Å². The Hall–Kier alpha value is -1.87. The van der Waals surface area contributed by atoms with Crippen molar-refractivity contribution in [3.8, 4) is 11.6 Å². The number of rotatable bonds is 4. The number of benzene rings is 1. The van der Waals surface area contributed by atoms with Gasteiger partial charge in [-0.3, -0.25) is 0 Å². The molecule has 0 saturated carbocycles. The second-order valence-corrected chi connectivity index (χ2v) is 5.49. The summed E-state index contributed by atoms with van der Waals surface area (Å²) in [6, 6.07) is 8.25. The third kappa shape index (κ3) is 3.58. The van der Waals surface area contributed by atoms with Crippen molar-refractivity contribution in [2.75, 3.05) is 0 Å². The summed E-state index contributed by atoms with van der Waals surface area (Å²) < 4.78 is 5.89. The molecule has 1 atom stereocenters. The van der Waals surface area contributed by atoms with E-state index in [1.807, 2.05) is 31.3 Å². The van der Waals surface area contributed by atoms with Crippen molar-refractivity contribution >= 4 is 0 Å². The number of nitrogens with zero attached hydrogens (tertiary/aromatic N) is 1. The van der Waals surface area contributed by atoms with E-state index in [9.17, 15) is 0 Å². The molecule has 0 saturated heterocycles. The summed E-state index contributed by atoms with van der Waals surface area (Å²) >= 11 is 0. The number of hydrogen-bond acceptors (Lipinski definition) is 3. The van der Waals surface area contributed by atoms with Crippen molar-refractivity contribution in [1.82, 2.24) is 4.98 Å². The van der Waals surface area contributed by atoms with E-state index >= 15 is 0 Å². The van der Waals surface area contributed by atoms with Crippen LogP contribution in [0.4, 0.5) is 0 Å². The standard InChI is InChI=1S/C17H22N2O/c1-11-7-12(2)14(4)16(8-11)20-17-6-5-15(10-19-17)9-13(3)18/h5-8,10,13H,9,18H2,1-4H3. The van der Waals surface area contributed by atoms with E-state index in [4.69, 9.17) is 10.5 Å². The van der Waals surface area contributed by atoms with Crippen LogP contribution in [0.3, 0.4) is 0 Å². The minimum Gasteiger partial charge on any atom is -0.439 e. The first-order valence-electron chi connectivity index (χ1n) is 6.92. The molecule has 0 fully saturated rings. The van der Waals surface area contributed by atoms with Gasteiger partial charge < -0.3 is 10.5 Å². The van der Waals surface area contributed by atoms with E-state index in [2.05, 4.69) is 31.8 Å². The molecule has 0 bridgehead atoms. The highest BCUT2D eigenvalue weighted by molar-refractivity contribution is 5.43. The van der Waals surface area contributed by atoms with Crippen molar-refractivity contribution in [2.45, 2.75) is 40.2 Å². The first-order chi connectivity index (χ1) is 9.45. The van der Waals surface area contributed by atoms with Crippen LogP contribution in [0, 0.1) is 20.8 Å². The molecule has 0 aliphatic rings. The molecule has 0 aliphatic carbocycles. The maximum absolute atomic E-state index is 5.89. The van der Waals surface area contributed by atoms with Crippen LogP contribution < -0.4 is 10.5 Å². The first kappa shape index (κ1) is 14.5. The Morgan fingerprint density at radius 3 is 2.55 bits per heavy atom.